The van der Waals surface area contributed by atoms with Crippen molar-refractivity contribution in [2.24, 2.45) is 5.16 Å². The van der Waals surface area contributed by atoms with E-state index in [0.29, 0.717) is 12.3 Å². The van der Waals surface area contributed by atoms with Crippen LogP contribution in [0.25, 0.3) is 0 Å². The molecule has 1 amide bonds. The van der Waals surface area contributed by atoms with Crippen LogP contribution in [-0.2, 0) is 9.63 Å². The minimum absolute atomic E-state index is 0.0472. The van der Waals surface area contributed by atoms with E-state index < -0.39 is 5.38 Å². The van der Waals surface area contributed by atoms with Crippen LogP contribution < -0.4 is 5.32 Å². The minimum atomic E-state index is -0.538. The highest BCUT2D eigenvalue weighted by molar-refractivity contribution is 6.31. The van der Waals surface area contributed by atoms with Crippen molar-refractivity contribution in [3.05, 3.63) is 0 Å². The Bertz CT molecular complexity index is 215. The zero-order valence-corrected chi connectivity index (χ0v) is 7.76. The molecule has 0 aromatic rings. The summed E-state index contributed by atoms with van der Waals surface area (Å²) in [6.45, 7) is 3.49. The van der Waals surface area contributed by atoms with E-state index in [1.54, 1.807) is 6.92 Å². The molecule has 0 aromatic carbocycles. The first-order valence-corrected chi connectivity index (χ1v) is 4.21. The van der Waals surface area contributed by atoms with Gasteiger partial charge in [0.25, 0.3) is 0 Å². The van der Waals surface area contributed by atoms with Gasteiger partial charge in [0.2, 0.25) is 5.91 Å². The van der Waals surface area contributed by atoms with Crippen molar-refractivity contribution in [1.82, 2.24) is 5.32 Å². The summed E-state index contributed by atoms with van der Waals surface area (Å²) >= 11 is 5.54. The number of nitrogens with zero attached hydrogens (tertiary/aromatic N) is 1. The molecule has 4 nitrogen and oxygen atoms in total. The van der Waals surface area contributed by atoms with Crippen LogP contribution >= 0.6 is 11.6 Å². The summed E-state index contributed by atoms with van der Waals surface area (Å²) in [5.41, 5.74) is 0. The van der Waals surface area contributed by atoms with E-state index in [2.05, 4.69) is 10.5 Å². The first-order chi connectivity index (χ1) is 5.59. The van der Waals surface area contributed by atoms with E-state index in [4.69, 9.17) is 16.4 Å². The third kappa shape index (κ3) is 2.37. The second-order valence-electron chi connectivity index (χ2n) is 2.76. The van der Waals surface area contributed by atoms with Gasteiger partial charge in [0.15, 0.2) is 5.84 Å². The van der Waals surface area contributed by atoms with E-state index in [-0.39, 0.29) is 12.0 Å². The molecule has 1 aliphatic rings. The van der Waals surface area contributed by atoms with Gasteiger partial charge in [0, 0.05) is 6.42 Å². The molecular formula is C7H11ClN2O2. The number of rotatable bonds is 1. The Morgan fingerprint density at radius 3 is 3.00 bits per heavy atom. The fraction of sp³-hybridized carbons (Fsp3) is 0.714. The molecule has 0 saturated heterocycles. The van der Waals surface area contributed by atoms with Crippen molar-refractivity contribution in [1.29, 1.82) is 0 Å². The van der Waals surface area contributed by atoms with Crippen LogP contribution in [0.1, 0.15) is 20.3 Å². The molecule has 12 heavy (non-hydrogen) atoms. The lowest BCUT2D eigenvalue weighted by molar-refractivity contribution is -0.119. The maximum absolute atomic E-state index is 11.0. The first kappa shape index (κ1) is 9.32. The number of carbonyl (C=O) groups excluding carboxylic acids is 1. The average molecular weight is 191 g/mol. The Balaban J connectivity index is 2.38. The molecule has 5 heteroatoms. The molecule has 0 radical (unpaired) electrons. The maximum atomic E-state index is 11.0. The van der Waals surface area contributed by atoms with Gasteiger partial charge in [-0.05, 0) is 13.8 Å². The number of amides is 1. The lowest BCUT2D eigenvalue weighted by Crippen LogP contribution is -2.34. The van der Waals surface area contributed by atoms with Crippen LogP contribution in [0.5, 0.6) is 0 Å². The monoisotopic (exact) mass is 190 g/mol. The third-order valence-corrected chi connectivity index (χ3v) is 1.65. The zero-order chi connectivity index (χ0) is 9.14. The Morgan fingerprint density at radius 1 is 1.92 bits per heavy atom. The molecular weight excluding hydrogens is 180 g/mol. The number of halogens is 1. The van der Waals surface area contributed by atoms with E-state index in [1.165, 1.54) is 0 Å². The summed E-state index contributed by atoms with van der Waals surface area (Å²) in [5, 5.41) is 5.69. The Labute approximate surface area is 75.9 Å². The summed E-state index contributed by atoms with van der Waals surface area (Å²) in [6, 6.07) is 0. The fourth-order valence-corrected chi connectivity index (χ4v) is 0.870. The lowest BCUT2D eigenvalue weighted by Gasteiger charge is -2.03. The predicted molar refractivity (Wildman–Crippen MR) is 46.1 cm³/mol. The second kappa shape index (κ2) is 3.76. The highest BCUT2D eigenvalue weighted by Gasteiger charge is 2.19. The SMILES string of the molecule is CC1CC(NC(=O)C(C)Cl)=NO1. The summed E-state index contributed by atoms with van der Waals surface area (Å²) in [4.78, 5) is 15.9. The van der Waals surface area contributed by atoms with Gasteiger partial charge in [-0.1, -0.05) is 5.16 Å². The van der Waals surface area contributed by atoms with Crippen LogP contribution in [0.15, 0.2) is 5.16 Å². The Hall–Kier alpha value is -0.770. The summed E-state index contributed by atoms with van der Waals surface area (Å²) in [7, 11) is 0. The van der Waals surface area contributed by atoms with Gasteiger partial charge >= 0.3 is 0 Å². The molecule has 0 aromatic heterocycles. The lowest BCUT2D eigenvalue weighted by atomic mass is 10.3. The highest BCUT2D eigenvalue weighted by atomic mass is 35.5. The average Bonchev–Trinajstić information content (AvgIpc) is 2.35. The number of oxime groups is 1. The van der Waals surface area contributed by atoms with Crippen molar-refractivity contribution >= 4 is 23.3 Å². The molecule has 2 unspecified atom stereocenters. The van der Waals surface area contributed by atoms with Gasteiger partial charge in [0.1, 0.15) is 11.5 Å². The maximum Gasteiger partial charge on any atom is 0.243 e. The number of carbonyl (C=O) groups is 1. The Kier molecular flexibility index (Phi) is 2.92. The molecule has 0 bridgehead atoms. The number of nitrogens with one attached hydrogen (secondary N) is 1. The molecule has 0 fully saturated rings. The normalized spacial score (nSPS) is 24.2. The molecule has 0 spiro atoms. The van der Waals surface area contributed by atoms with Crippen molar-refractivity contribution < 1.29 is 9.63 Å². The largest absolute Gasteiger partial charge is 0.391 e. The molecule has 0 saturated carbocycles. The third-order valence-electron chi connectivity index (χ3n) is 1.45. The standard InChI is InChI=1S/C7H11ClN2O2/c1-4-3-6(10-12-4)9-7(11)5(2)8/h4-5H,3H2,1-2H3,(H,9,10,11). The number of amidine groups is 1. The topological polar surface area (TPSA) is 50.7 Å². The van der Waals surface area contributed by atoms with Gasteiger partial charge in [-0.2, -0.15) is 0 Å². The number of alkyl halides is 1. The predicted octanol–water partition coefficient (Wildman–Crippen LogP) is 0.852. The Morgan fingerprint density at radius 2 is 2.58 bits per heavy atom. The van der Waals surface area contributed by atoms with Gasteiger partial charge in [-0.15, -0.1) is 11.6 Å². The fourth-order valence-electron chi connectivity index (χ4n) is 0.816. The quantitative estimate of drug-likeness (QED) is 0.624. The van der Waals surface area contributed by atoms with Crippen LogP contribution in [0.3, 0.4) is 0 Å². The van der Waals surface area contributed by atoms with Gasteiger partial charge in [-0.3, -0.25) is 4.79 Å². The van der Waals surface area contributed by atoms with E-state index >= 15 is 0 Å². The van der Waals surface area contributed by atoms with Crippen molar-refractivity contribution in [3.8, 4) is 0 Å². The summed E-state index contributed by atoms with van der Waals surface area (Å²) in [5.74, 6) is 0.313. The minimum Gasteiger partial charge on any atom is -0.391 e. The van der Waals surface area contributed by atoms with Gasteiger partial charge < -0.3 is 10.2 Å². The molecule has 1 heterocycles. The van der Waals surface area contributed by atoms with Crippen molar-refractivity contribution in [2.45, 2.75) is 31.7 Å². The van der Waals surface area contributed by atoms with Crippen LogP contribution in [-0.4, -0.2) is 23.2 Å². The van der Waals surface area contributed by atoms with E-state index in [1.807, 2.05) is 6.92 Å². The first-order valence-electron chi connectivity index (χ1n) is 3.77. The molecule has 68 valence electrons. The molecule has 0 aliphatic carbocycles. The van der Waals surface area contributed by atoms with Crippen molar-refractivity contribution in [3.63, 3.8) is 0 Å². The highest BCUT2D eigenvalue weighted by Crippen LogP contribution is 2.07. The summed E-state index contributed by atoms with van der Waals surface area (Å²) in [6.07, 6.45) is 0.681. The zero-order valence-electron chi connectivity index (χ0n) is 7.00. The van der Waals surface area contributed by atoms with Crippen LogP contribution in [0.2, 0.25) is 0 Å². The molecule has 1 aliphatic heterocycles. The summed E-state index contributed by atoms with van der Waals surface area (Å²) < 4.78 is 0. The molecule has 1 N–H and O–H groups in total. The number of hydrogen-bond donors (Lipinski definition) is 1. The van der Waals surface area contributed by atoms with Crippen LogP contribution in [0, 0.1) is 0 Å². The molecule has 1 rings (SSSR count). The van der Waals surface area contributed by atoms with Crippen LogP contribution in [0.4, 0.5) is 0 Å². The van der Waals surface area contributed by atoms with Gasteiger partial charge in [-0.25, -0.2) is 0 Å². The smallest absolute Gasteiger partial charge is 0.243 e. The van der Waals surface area contributed by atoms with Gasteiger partial charge in [0.05, 0.1) is 0 Å². The number of hydrogen-bond acceptors (Lipinski definition) is 3. The van der Waals surface area contributed by atoms with Crippen molar-refractivity contribution in [2.75, 3.05) is 0 Å². The van der Waals surface area contributed by atoms with E-state index in [0.717, 1.165) is 0 Å². The second-order valence-corrected chi connectivity index (χ2v) is 3.42. The molecule has 2 atom stereocenters. The van der Waals surface area contributed by atoms with E-state index in [9.17, 15) is 4.79 Å².